The van der Waals surface area contributed by atoms with Crippen LogP contribution in [0.5, 0.6) is 0 Å². The van der Waals surface area contributed by atoms with Crippen LogP contribution in [0.2, 0.25) is 0 Å². The summed E-state index contributed by atoms with van der Waals surface area (Å²) >= 11 is 0. The van der Waals surface area contributed by atoms with Crippen molar-refractivity contribution in [2.24, 2.45) is 5.92 Å². The lowest BCUT2D eigenvalue weighted by Crippen LogP contribution is -2.42. The van der Waals surface area contributed by atoms with Crippen molar-refractivity contribution in [3.05, 3.63) is 0 Å². The van der Waals surface area contributed by atoms with Crippen molar-refractivity contribution < 1.29 is 14.3 Å². The Labute approximate surface area is 97.9 Å². The number of hydrogen-bond donors (Lipinski definition) is 2. The predicted molar refractivity (Wildman–Crippen MR) is 63.5 cm³/mol. The quantitative estimate of drug-likeness (QED) is 0.613. The Kier molecular flexibility index (Phi) is 8.94. The van der Waals surface area contributed by atoms with Gasteiger partial charge in [0.2, 0.25) is 0 Å². The van der Waals surface area contributed by atoms with E-state index >= 15 is 0 Å². The van der Waals surface area contributed by atoms with E-state index in [4.69, 9.17) is 9.47 Å². The van der Waals surface area contributed by atoms with Crippen LogP contribution in [0.3, 0.4) is 0 Å². The molecule has 0 aliphatic rings. The van der Waals surface area contributed by atoms with Crippen LogP contribution in [-0.4, -0.2) is 45.5 Å². The molecule has 0 aromatic carbocycles. The molecule has 0 fully saturated rings. The van der Waals surface area contributed by atoms with E-state index in [1.807, 2.05) is 0 Å². The first-order valence-electron chi connectivity index (χ1n) is 5.74. The first-order valence-corrected chi connectivity index (χ1v) is 5.74. The molecule has 16 heavy (non-hydrogen) atoms. The minimum Gasteiger partial charge on any atom is -0.450 e. The highest BCUT2D eigenvalue weighted by Gasteiger charge is 2.11. The lowest BCUT2D eigenvalue weighted by Gasteiger charge is -2.21. The van der Waals surface area contributed by atoms with Gasteiger partial charge in [0.25, 0.3) is 0 Å². The molecule has 0 spiro atoms. The molecule has 0 bridgehead atoms. The molecule has 0 saturated carbocycles. The molecular formula is C11H24N2O3. The molecular weight excluding hydrogens is 208 g/mol. The number of nitrogens with one attached hydrogen (secondary N) is 2. The molecule has 2 N–H and O–H groups in total. The van der Waals surface area contributed by atoms with E-state index in [2.05, 4.69) is 24.5 Å². The Hall–Kier alpha value is -0.810. The van der Waals surface area contributed by atoms with Gasteiger partial charge in [-0.3, -0.25) is 0 Å². The van der Waals surface area contributed by atoms with Gasteiger partial charge in [-0.25, -0.2) is 4.79 Å². The minimum atomic E-state index is -0.364. The zero-order valence-electron chi connectivity index (χ0n) is 10.7. The summed E-state index contributed by atoms with van der Waals surface area (Å²) in [6.45, 7) is 8.40. The lowest BCUT2D eigenvalue weighted by atomic mass is 10.1. The fourth-order valence-corrected chi connectivity index (χ4v) is 1.27. The number of carbonyl (C=O) groups is 1. The van der Waals surface area contributed by atoms with Crippen LogP contribution in [-0.2, 0) is 9.47 Å². The van der Waals surface area contributed by atoms with Crippen LogP contribution >= 0.6 is 0 Å². The molecule has 0 heterocycles. The van der Waals surface area contributed by atoms with Gasteiger partial charge < -0.3 is 20.1 Å². The van der Waals surface area contributed by atoms with Gasteiger partial charge in [0.05, 0.1) is 13.2 Å². The monoisotopic (exact) mass is 232 g/mol. The van der Waals surface area contributed by atoms with E-state index < -0.39 is 0 Å². The first-order chi connectivity index (χ1) is 7.61. The molecule has 5 heteroatoms. The Balaban J connectivity index is 3.58. The van der Waals surface area contributed by atoms with Gasteiger partial charge >= 0.3 is 6.09 Å². The van der Waals surface area contributed by atoms with Crippen LogP contribution in [0.15, 0.2) is 0 Å². The second-order valence-corrected chi connectivity index (χ2v) is 3.91. The average Bonchev–Trinajstić information content (AvgIpc) is 2.22. The van der Waals surface area contributed by atoms with E-state index in [9.17, 15) is 4.79 Å². The zero-order valence-corrected chi connectivity index (χ0v) is 10.7. The summed E-state index contributed by atoms with van der Waals surface area (Å²) in [4.78, 5) is 11.0. The van der Waals surface area contributed by atoms with E-state index in [-0.39, 0.29) is 6.09 Å². The largest absolute Gasteiger partial charge is 0.450 e. The van der Waals surface area contributed by atoms with Gasteiger partial charge in [-0.15, -0.1) is 0 Å². The van der Waals surface area contributed by atoms with Crippen LogP contribution in [0.25, 0.3) is 0 Å². The molecule has 0 saturated heterocycles. The number of hydrogen-bond acceptors (Lipinski definition) is 4. The number of amides is 1. The summed E-state index contributed by atoms with van der Waals surface area (Å²) in [5.41, 5.74) is 0. The SMILES string of the molecule is CCOC(=O)NCCNC(COC)C(C)C. The van der Waals surface area contributed by atoms with E-state index in [0.29, 0.717) is 38.3 Å². The third-order valence-corrected chi connectivity index (χ3v) is 2.23. The van der Waals surface area contributed by atoms with Crippen LogP contribution < -0.4 is 10.6 Å². The van der Waals surface area contributed by atoms with Crippen molar-refractivity contribution in [2.45, 2.75) is 26.8 Å². The van der Waals surface area contributed by atoms with Gasteiger partial charge in [0.15, 0.2) is 0 Å². The number of alkyl carbamates (subject to hydrolysis) is 1. The Bertz CT molecular complexity index is 186. The lowest BCUT2D eigenvalue weighted by molar-refractivity contribution is 0.144. The number of methoxy groups -OCH3 is 1. The molecule has 0 rings (SSSR count). The topological polar surface area (TPSA) is 59.6 Å². The Morgan fingerprint density at radius 3 is 2.50 bits per heavy atom. The van der Waals surface area contributed by atoms with Crippen molar-refractivity contribution in [2.75, 3.05) is 33.4 Å². The smallest absolute Gasteiger partial charge is 0.407 e. The Morgan fingerprint density at radius 2 is 2.00 bits per heavy atom. The van der Waals surface area contributed by atoms with E-state index in [1.54, 1.807) is 14.0 Å². The molecule has 1 atom stereocenters. The normalized spacial score (nSPS) is 12.6. The van der Waals surface area contributed by atoms with Gasteiger partial charge in [-0.2, -0.15) is 0 Å². The standard InChI is InChI=1S/C11H24N2O3/c1-5-16-11(14)13-7-6-12-10(8-15-4)9(2)3/h9-10,12H,5-8H2,1-4H3,(H,13,14). The highest BCUT2D eigenvalue weighted by molar-refractivity contribution is 5.66. The van der Waals surface area contributed by atoms with Crippen molar-refractivity contribution in [1.29, 1.82) is 0 Å². The maximum Gasteiger partial charge on any atom is 0.407 e. The second kappa shape index (κ2) is 9.42. The van der Waals surface area contributed by atoms with Crippen LogP contribution in [0, 0.1) is 5.92 Å². The van der Waals surface area contributed by atoms with Crippen molar-refractivity contribution >= 4 is 6.09 Å². The van der Waals surface area contributed by atoms with E-state index in [1.165, 1.54) is 0 Å². The van der Waals surface area contributed by atoms with Gasteiger partial charge in [0, 0.05) is 26.2 Å². The summed E-state index contributed by atoms with van der Waals surface area (Å²) in [5, 5.41) is 5.98. The second-order valence-electron chi connectivity index (χ2n) is 3.91. The predicted octanol–water partition coefficient (Wildman–Crippen LogP) is 0.993. The molecule has 1 unspecified atom stereocenters. The van der Waals surface area contributed by atoms with Crippen molar-refractivity contribution in [3.63, 3.8) is 0 Å². The van der Waals surface area contributed by atoms with Crippen LogP contribution in [0.4, 0.5) is 4.79 Å². The molecule has 0 aliphatic carbocycles. The molecule has 0 radical (unpaired) electrons. The molecule has 1 amide bonds. The van der Waals surface area contributed by atoms with Gasteiger partial charge in [0.1, 0.15) is 0 Å². The van der Waals surface area contributed by atoms with Crippen LogP contribution in [0.1, 0.15) is 20.8 Å². The molecule has 0 aromatic rings. The first kappa shape index (κ1) is 15.2. The van der Waals surface area contributed by atoms with Gasteiger partial charge in [-0.1, -0.05) is 13.8 Å². The zero-order chi connectivity index (χ0) is 12.4. The summed E-state index contributed by atoms with van der Waals surface area (Å²) in [5.74, 6) is 0.502. The molecule has 96 valence electrons. The fraction of sp³-hybridized carbons (Fsp3) is 0.909. The summed E-state index contributed by atoms with van der Waals surface area (Å²) in [7, 11) is 1.69. The summed E-state index contributed by atoms with van der Waals surface area (Å²) in [6.07, 6.45) is -0.364. The van der Waals surface area contributed by atoms with E-state index in [0.717, 1.165) is 0 Å². The fourth-order valence-electron chi connectivity index (χ4n) is 1.27. The molecule has 0 aromatic heterocycles. The third-order valence-electron chi connectivity index (χ3n) is 2.23. The summed E-state index contributed by atoms with van der Waals surface area (Å²) in [6, 6.07) is 0.314. The number of carbonyl (C=O) groups excluding carboxylic acids is 1. The van der Waals surface area contributed by atoms with Gasteiger partial charge in [-0.05, 0) is 12.8 Å². The summed E-state index contributed by atoms with van der Waals surface area (Å²) < 4.78 is 9.85. The van der Waals surface area contributed by atoms with Crippen molar-refractivity contribution in [3.8, 4) is 0 Å². The van der Waals surface area contributed by atoms with Crippen molar-refractivity contribution in [1.82, 2.24) is 10.6 Å². The highest BCUT2D eigenvalue weighted by atomic mass is 16.5. The minimum absolute atomic E-state index is 0.314. The molecule has 5 nitrogen and oxygen atoms in total. The molecule has 0 aliphatic heterocycles. The Morgan fingerprint density at radius 1 is 1.31 bits per heavy atom. The third kappa shape index (κ3) is 7.48. The highest BCUT2D eigenvalue weighted by Crippen LogP contribution is 2.00. The average molecular weight is 232 g/mol. The maximum absolute atomic E-state index is 11.0. The number of rotatable bonds is 8. The maximum atomic E-state index is 11.0. The number of ether oxygens (including phenoxy) is 2.